The van der Waals surface area contributed by atoms with E-state index in [9.17, 15) is 10.1 Å². The Kier molecular flexibility index (Phi) is 3.71. The predicted octanol–water partition coefficient (Wildman–Crippen LogP) is 1.82. The van der Waals surface area contributed by atoms with Gasteiger partial charge in [-0.1, -0.05) is 7.43 Å². The summed E-state index contributed by atoms with van der Waals surface area (Å²) in [6.07, 6.45) is 0. The van der Waals surface area contributed by atoms with Gasteiger partial charge >= 0.3 is 0 Å². The van der Waals surface area contributed by atoms with Crippen molar-refractivity contribution in [1.82, 2.24) is 0 Å². The van der Waals surface area contributed by atoms with Crippen LogP contribution in [0.3, 0.4) is 0 Å². The van der Waals surface area contributed by atoms with Gasteiger partial charge in [-0.3, -0.25) is 10.1 Å². The number of ether oxygens (including phenoxy) is 1. The number of nitrogens with two attached hydrogens (primary N) is 1. The normalized spacial score (nSPS) is 8.69. The highest BCUT2D eigenvalue weighted by Crippen LogP contribution is 2.25. The van der Waals surface area contributed by atoms with Gasteiger partial charge in [0.05, 0.1) is 18.1 Å². The van der Waals surface area contributed by atoms with Crippen molar-refractivity contribution in [3.05, 3.63) is 28.3 Å². The summed E-state index contributed by atoms with van der Waals surface area (Å²) in [5.74, 6) is 0.427. The van der Waals surface area contributed by atoms with Gasteiger partial charge in [-0.2, -0.15) is 0 Å². The van der Waals surface area contributed by atoms with E-state index in [1.165, 1.54) is 19.2 Å². The van der Waals surface area contributed by atoms with Gasteiger partial charge in [-0.15, -0.1) is 0 Å². The number of anilines is 1. The smallest absolute Gasteiger partial charge is 0.295 e. The van der Waals surface area contributed by atoms with E-state index in [2.05, 4.69) is 0 Å². The fraction of sp³-hybridized carbons (Fsp3) is 0.250. The predicted molar refractivity (Wildman–Crippen MR) is 50.8 cm³/mol. The lowest BCUT2D eigenvalue weighted by Crippen LogP contribution is -1.95. The number of nitrogen functional groups attached to an aromatic ring is 1. The molecule has 5 heteroatoms. The average Bonchev–Trinajstić information content (AvgIpc) is 2.05. The van der Waals surface area contributed by atoms with E-state index in [0.29, 0.717) is 5.75 Å². The standard InChI is InChI=1S/C7H8N2O3.CH4/c1-12-5-2-3-6(8)7(4-5)9(10)11;/h2-4H,8H2,1H3;1H4. The van der Waals surface area contributed by atoms with Crippen molar-refractivity contribution < 1.29 is 9.66 Å². The van der Waals surface area contributed by atoms with Crippen LogP contribution in [0.15, 0.2) is 18.2 Å². The number of hydrogen-bond donors (Lipinski definition) is 1. The summed E-state index contributed by atoms with van der Waals surface area (Å²) in [6, 6.07) is 4.30. The fourth-order valence-electron chi connectivity index (χ4n) is 0.809. The Labute approximate surface area is 76.3 Å². The average molecular weight is 184 g/mol. The third-order valence-corrected chi connectivity index (χ3v) is 1.43. The molecule has 2 N–H and O–H groups in total. The van der Waals surface area contributed by atoms with Crippen molar-refractivity contribution in [1.29, 1.82) is 0 Å². The zero-order valence-corrected chi connectivity index (χ0v) is 6.48. The van der Waals surface area contributed by atoms with Crippen molar-refractivity contribution in [2.75, 3.05) is 12.8 Å². The minimum Gasteiger partial charge on any atom is -0.496 e. The first-order valence-electron chi connectivity index (χ1n) is 3.23. The molecule has 1 aromatic carbocycles. The zero-order chi connectivity index (χ0) is 9.14. The number of nitro groups is 1. The number of nitrogens with zero attached hydrogens (tertiary/aromatic N) is 1. The molecule has 72 valence electrons. The third-order valence-electron chi connectivity index (χ3n) is 1.43. The van der Waals surface area contributed by atoms with Crippen LogP contribution in [0.25, 0.3) is 0 Å². The quantitative estimate of drug-likeness (QED) is 0.432. The Morgan fingerprint density at radius 1 is 1.54 bits per heavy atom. The molecule has 0 heterocycles. The topological polar surface area (TPSA) is 78.4 Å². The summed E-state index contributed by atoms with van der Waals surface area (Å²) >= 11 is 0. The molecule has 0 aliphatic carbocycles. The Morgan fingerprint density at radius 2 is 2.15 bits per heavy atom. The van der Waals surface area contributed by atoms with Crippen molar-refractivity contribution in [3.8, 4) is 5.75 Å². The molecule has 0 spiro atoms. The van der Waals surface area contributed by atoms with Gasteiger partial charge in [0, 0.05) is 0 Å². The second-order valence-electron chi connectivity index (χ2n) is 2.18. The Bertz CT molecular complexity index is 312. The van der Waals surface area contributed by atoms with Crippen molar-refractivity contribution >= 4 is 11.4 Å². The van der Waals surface area contributed by atoms with Crippen LogP contribution in [-0.2, 0) is 0 Å². The largest absolute Gasteiger partial charge is 0.496 e. The van der Waals surface area contributed by atoms with Crippen LogP contribution < -0.4 is 10.5 Å². The second-order valence-corrected chi connectivity index (χ2v) is 2.18. The Morgan fingerprint density at radius 3 is 2.62 bits per heavy atom. The summed E-state index contributed by atoms with van der Waals surface area (Å²) in [5, 5.41) is 10.4. The second kappa shape index (κ2) is 4.30. The molecule has 0 fully saturated rings. The number of nitro benzene ring substituents is 1. The first-order valence-corrected chi connectivity index (χ1v) is 3.23. The maximum absolute atomic E-state index is 10.4. The molecule has 0 saturated heterocycles. The minimum absolute atomic E-state index is 0. The van der Waals surface area contributed by atoms with Crippen LogP contribution in [0.4, 0.5) is 11.4 Å². The molecule has 1 rings (SSSR count). The molecule has 0 unspecified atom stereocenters. The molecule has 5 nitrogen and oxygen atoms in total. The SMILES string of the molecule is C.COc1ccc(N)c([N+](=O)[O-])c1. The number of methoxy groups -OCH3 is 1. The van der Waals surface area contributed by atoms with Crippen molar-refractivity contribution in [2.24, 2.45) is 0 Å². The van der Waals surface area contributed by atoms with Crippen LogP contribution in [0.2, 0.25) is 0 Å². The van der Waals surface area contributed by atoms with E-state index in [4.69, 9.17) is 10.5 Å². The molecular formula is C8H12N2O3. The van der Waals surface area contributed by atoms with Crippen LogP contribution in [0, 0.1) is 10.1 Å². The highest BCUT2D eigenvalue weighted by atomic mass is 16.6. The number of benzene rings is 1. The summed E-state index contributed by atoms with van der Waals surface area (Å²) < 4.78 is 4.80. The van der Waals surface area contributed by atoms with E-state index in [1.54, 1.807) is 6.07 Å². The number of rotatable bonds is 2. The van der Waals surface area contributed by atoms with Crippen LogP contribution in [-0.4, -0.2) is 12.0 Å². The van der Waals surface area contributed by atoms with Gasteiger partial charge in [-0.25, -0.2) is 0 Å². The van der Waals surface area contributed by atoms with Crippen LogP contribution in [0.1, 0.15) is 7.43 Å². The van der Waals surface area contributed by atoms with Gasteiger partial charge in [-0.05, 0) is 12.1 Å². The molecule has 1 aromatic rings. The van der Waals surface area contributed by atoms with Gasteiger partial charge in [0.2, 0.25) is 0 Å². The molecule has 0 aromatic heterocycles. The van der Waals surface area contributed by atoms with Gasteiger partial charge in [0.25, 0.3) is 5.69 Å². The lowest BCUT2D eigenvalue weighted by molar-refractivity contribution is -0.384. The maximum atomic E-state index is 10.4. The lowest BCUT2D eigenvalue weighted by atomic mass is 10.2. The van der Waals surface area contributed by atoms with Crippen LogP contribution >= 0.6 is 0 Å². The molecular weight excluding hydrogens is 172 g/mol. The minimum atomic E-state index is -0.544. The molecule has 0 bridgehead atoms. The van der Waals surface area contributed by atoms with Gasteiger partial charge in [0.1, 0.15) is 11.4 Å². The molecule has 0 amide bonds. The summed E-state index contributed by atoms with van der Waals surface area (Å²) in [7, 11) is 1.44. The summed E-state index contributed by atoms with van der Waals surface area (Å²) in [5.41, 5.74) is 5.36. The summed E-state index contributed by atoms with van der Waals surface area (Å²) in [6.45, 7) is 0. The van der Waals surface area contributed by atoms with E-state index in [-0.39, 0.29) is 18.8 Å². The molecule has 0 aliphatic rings. The van der Waals surface area contributed by atoms with Gasteiger partial charge in [0.15, 0.2) is 0 Å². The monoisotopic (exact) mass is 184 g/mol. The van der Waals surface area contributed by atoms with Crippen molar-refractivity contribution in [2.45, 2.75) is 7.43 Å². The lowest BCUT2D eigenvalue weighted by Gasteiger charge is -2.00. The molecule has 0 aliphatic heterocycles. The Hall–Kier alpha value is -1.78. The van der Waals surface area contributed by atoms with Crippen LogP contribution in [0.5, 0.6) is 5.75 Å². The molecule has 0 atom stereocenters. The molecule has 0 radical (unpaired) electrons. The zero-order valence-electron chi connectivity index (χ0n) is 6.48. The molecule has 0 saturated carbocycles. The van der Waals surface area contributed by atoms with Gasteiger partial charge < -0.3 is 10.5 Å². The first kappa shape index (κ1) is 11.2. The molecule has 13 heavy (non-hydrogen) atoms. The van der Waals surface area contributed by atoms with E-state index >= 15 is 0 Å². The highest BCUT2D eigenvalue weighted by Gasteiger charge is 2.11. The highest BCUT2D eigenvalue weighted by molar-refractivity contribution is 5.60. The van der Waals surface area contributed by atoms with E-state index < -0.39 is 4.92 Å². The Balaban J connectivity index is 0.00000144. The van der Waals surface area contributed by atoms with E-state index in [1.807, 2.05) is 0 Å². The summed E-state index contributed by atoms with van der Waals surface area (Å²) in [4.78, 5) is 9.82. The van der Waals surface area contributed by atoms with E-state index in [0.717, 1.165) is 0 Å². The first-order chi connectivity index (χ1) is 5.65. The van der Waals surface area contributed by atoms with Crippen molar-refractivity contribution in [3.63, 3.8) is 0 Å². The third kappa shape index (κ3) is 2.33. The number of hydrogen-bond acceptors (Lipinski definition) is 4. The maximum Gasteiger partial charge on any atom is 0.295 e. The fourth-order valence-corrected chi connectivity index (χ4v) is 0.809.